The molecule has 0 aliphatic carbocycles. The summed E-state index contributed by atoms with van der Waals surface area (Å²) in [5, 5.41) is 22.7. The van der Waals surface area contributed by atoms with Gasteiger partial charge < -0.3 is 55.9 Å². The monoisotopic (exact) mass is 355 g/mol. The van der Waals surface area contributed by atoms with Crippen LogP contribution in [0.15, 0.2) is 0 Å². The summed E-state index contributed by atoms with van der Waals surface area (Å²) < 4.78 is 11.1. The van der Waals surface area contributed by atoms with Gasteiger partial charge in [-0.25, -0.2) is 0 Å². The molecule has 0 radical (unpaired) electrons. The molecule has 0 rings (SSSR count). The fourth-order valence-corrected chi connectivity index (χ4v) is 2.20. The molecule has 0 amide bonds. The van der Waals surface area contributed by atoms with E-state index in [2.05, 4.69) is 0 Å². The molecule has 138 valence electrons. The van der Waals surface area contributed by atoms with Crippen molar-refractivity contribution in [2.24, 2.45) is 0 Å². The number of carbonyl (C=O) groups is 3. The molecule has 0 spiro atoms. The van der Waals surface area contributed by atoms with Crippen molar-refractivity contribution in [2.45, 2.75) is 24.4 Å². The highest BCUT2D eigenvalue weighted by Gasteiger charge is 2.55. The zero-order valence-electron chi connectivity index (χ0n) is 12.0. The first-order chi connectivity index (χ1) is 7.53. The topological polar surface area (TPSA) is 344 Å². The van der Waals surface area contributed by atoms with E-state index in [0.717, 1.165) is 0 Å². The second-order valence-electron chi connectivity index (χ2n) is 3.35. The normalized spacial score (nSPS) is 11.5. The molecule has 0 bridgehead atoms. The van der Waals surface area contributed by atoms with Gasteiger partial charge in [0.25, 0.3) is 0 Å². The summed E-state index contributed by atoms with van der Waals surface area (Å²) in [5.41, 5.74) is 0. The number of rotatable bonds is 7. The molecular weight excluding hydrogens is 329 g/mol. The fraction of sp³-hybridized carbons (Fsp3) is 0.571. The predicted octanol–water partition coefficient (Wildman–Crippen LogP) is 0.137. The molecule has 22 heavy (non-hydrogen) atoms. The third-order valence-corrected chi connectivity index (χ3v) is 3.84. The second-order valence-corrected chi connectivity index (χ2v) is 5.29. The molecule has 0 aromatic rings. The van der Waals surface area contributed by atoms with Crippen LogP contribution in [-0.2, 0) is 18.9 Å². The molecule has 0 saturated carbocycles. The summed E-state index contributed by atoms with van der Waals surface area (Å²) >= 11 is 0. The average Bonchev–Trinajstić information content (AvgIpc) is 2.08. The van der Waals surface area contributed by atoms with Crippen molar-refractivity contribution in [1.29, 1.82) is 0 Å². The Bertz CT molecular complexity index is 400. The van der Waals surface area contributed by atoms with Crippen LogP contribution >= 0.6 is 7.60 Å². The van der Waals surface area contributed by atoms with Crippen molar-refractivity contribution < 1.29 is 44.1 Å². The van der Waals surface area contributed by atoms with E-state index in [1.807, 2.05) is 0 Å². The summed E-state index contributed by atoms with van der Waals surface area (Å²) in [4.78, 5) is 49.5. The van der Waals surface area contributed by atoms with E-state index in [9.17, 15) is 18.9 Å². The maximum Gasteiger partial charge on any atom is 0.343 e. The molecular formula is C7H26N5O9P. The van der Waals surface area contributed by atoms with Crippen LogP contribution in [0.1, 0.15) is 19.3 Å². The Morgan fingerprint density at radius 2 is 1.18 bits per heavy atom. The van der Waals surface area contributed by atoms with Crippen LogP contribution in [0.25, 0.3) is 0 Å². The van der Waals surface area contributed by atoms with Crippen molar-refractivity contribution in [3.63, 3.8) is 0 Å². The zero-order chi connectivity index (χ0) is 13.9. The molecule has 0 aliphatic heterocycles. The van der Waals surface area contributed by atoms with Gasteiger partial charge in [-0.2, -0.15) is 0 Å². The van der Waals surface area contributed by atoms with E-state index in [1.165, 1.54) is 0 Å². The van der Waals surface area contributed by atoms with Crippen LogP contribution in [0.4, 0.5) is 0 Å². The quantitative estimate of drug-likeness (QED) is 0.271. The van der Waals surface area contributed by atoms with Crippen LogP contribution in [-0.4, -0.2) is 48.2 Å². The molecule has 0 heterocycles. The van der Waals surface area contributed by atoms with Gasteiger partial charge in [-0.05, 0) is 6.42 Å². The molecule has 0 fully saturated rings. The number of carboxylic acids is 3. The number of carboxylic acid groups (broad SMARTS) is 3. The minimum atomic E-state index is -5.32. The molecule has 20 N–H and O–H groups in total. The average molecular weight is 355 g/mol. The fourth-order valence-electron chi connectivity index (χ4n) is 1.21. The van der Waals surface area contributed by atoms with Crippen molar-refractivity contribution in [3.05, 3.63) is 0 Å². The molecule has 14 nitrogen and oxygen atoms in total. The van der Waals surface area contributed by atoms with Crippen LogP contribution in [0, 0.1) is 0 Å². The maximum absolute atomic E-state index is 11.1. The lowest BCUT2D eigenvalue weighted by molar-refractivity contribution is -0.148. The Kier molecular flexibility index (Phi) is 22.0. The summed E-state index contributed by atoms with van der Waals surface area (Å²) in [6, 6.07) is 0. The van der Waals surface area contributed by atoms with Gasteiger partial charge in [-0.15, -0.1) is 0 Å². The Labute approximate surface area is 126 Å². The van der Waals surface area contributed by atoms with E-state index in [0.29, 0.717) is 0 Å². The summed E-state index contributed by atoms with van der Waals surface area (Å²) in [5.74, 6) is -5.25. The molecule has 1 atom stereocenters. The first-order valence-electron chi connectivity index (χ1n) is 4.25. The van der Waals surface area contributed by atoms with E-state index in [-0.39, 0.29) is 30.8 Å². The largest absolute Gasteiger partial charge is 0.481 e. The number of hydrogen-bond acceptors (Lipinski definition) is 9. The maximum atomic E-state index is 11.1. The number of aliphatic carboxylic acids is 3. The van der Waals surface area contributed by atoms with Crippen molar-refractivity contribution in [2.75, 3.05) is 0 Å². The first kappa shape index (κ1) is 37.0. The molecule has 0 aromatic heterocycles. The Morgan fingerprint density at radius 1 is 0.818 bits per heavy atom. The second kappa shape index (κ2) is 13.1. The van der Waals surface area contributed by atoms with E-state index >= 15 is 0 Å². The minimum absolute atomic E-state index is 0. The SMILES string of the molecule is N.N.N.N.N.O=C(O)CCC(CC(=O)O)(C(=O)O)P(=O)(O)O. The molecule has 0 saturated heterocycles. The van der Waals surface area contributed by atoms with Gasteiger partial charge in [0.15, 0.2) is 5.16 Å². The summed E-state index contributed by atoms with van der Waals surface area (Å²) in [6.45, 7) is 0. The lowest BCUT2D eigenvalue weighted by Crippen LogP contribution is -2.41. The lowest BCUT2D eigenvalue weighted by atomic mass is 9.98. The van der Waals surface area contributed by atoms with E-state index < -0.39 is 49.9 Å². The highest BCUT2D eigenvalue weighted by atomic mass is 31.2. The van der Waals surface area contributed by atoms with Crippen LogP contribution in [0.2, 0.25) is 0 Å². The highest BCUT2D eigenvalue weighted by Crippen LogP contribution is 2.55. The third kappa shape index (κ3) is 9.32. The summed E-state index contributed by atoms with van der Waals surface area (Å²) in [6.07, 6.45) is -3.17. The van der Waals surface area contributed by atoms with E-state index in [1.54, 1.807) is 0 Å². The van der Waals surface area contributed by atoms with Gasteiger partial charge in [0.2, 0.25) is 0 Å². The van der Waals surface area contributed by atoms with Gasteiger partial charge in [-0.1, -0.05) is 0 Å². The Hall–Kier alpha value is -1.64. The van der Waals surface area contributed by atoms with Gasteiger partial charge in [0.05, 0.1) is 6.42 Å². The van der Waals surface area contributed by atoms with Gasteiger partial charge in [-0.3, -0.25) is 18.9 Å². The van der Waals surface area contributed by atoms with Gasteiger partial charge in [0, 0.05) is 6.42 Å². The number of hydrogen-bond donors (Lipinski definition) is 10. The third-order valence-electron chi connectivity index (χ3n) is 2.15. The molecule has 0 aromatic carbocycles. The van der Waals surface area contributed by atoms with Crippen molar-refractivity contribution in [3.8, 4) is 0 Å². The van der Waals surface area contributed by atoms with Gasteiger partial charge >= 0.3 is 25.5 Å². The van der Waals surface area contributed by atoms with Crippen molar-refractivity contribution >= 4 is 25.5 Å². The molecule has 1 unspecified atom stereocenters. The van der Waals surface area contributed by atoms with Crippen LogP contribution in [0.3, 0.4) is 0 Å². The minimum Gasteiger partial charge on any atom is -0.481 e. The standard InChI is InChI=1S/C7H11O9P.5H3N/c8-4(9)1-2-7(6(12)13,3-5(10)11)17(14,15)16;;;;;/h1-3H2,(H,8,9)(H,10,11)(H,12,13)(H2,14,15,16);5*1H3. The highest BCUT2D eigenvalue weighted by molar-refractivity contribution is 7.54. The zero-order valence-corrected chi connectivity index (χ0v) is 12.9. The van der Waals surface area contributed by atoms with Crippen LogP contribution < -0.4 is 30.8 Å². The molecule has 15 heteroatoms. The Balaban J connectivity index is -0.000000128. The summed E-state index contributed by atoms with van der Waals surface area (Å²) in [7, 11) is -5.32. The smallest absolute Gasteiger partial charge is 0.343 e. The Morgan fingerprint density at radius 3 is 1.36 bits per heavy atom. The van der Waals surface area contributed by atoms with Gasteiger partial charge in [0.1, 0.15) is 0 Å². The van der Waals surface area contributed by atoms with Crippen molar-refractivity contribution in [1.82, 2.24) is 30.8 Å². The van der Waals surface area contributed by atoms with Crippen LogP contribution in [0.5, 0.6) is 0 Å². The predicted molar refractivity (Wildman–Crippen MR) is 76.6 cm³/mol. The van der Waals surface area contributed by atoms with E-state index in [4.69, 9.17) is 25.1 Å². The lowest BCUT2D eigenvalue weighted by Gasteiger charge is -2.27. The molecule has 0 aliphatic rings. The first-order valence-corrected chi connectivity index (χ1v) is 5.87.